The fraction of sp³-hybridized carbons (Fsp3) is 0.263. The lowest BCUT2D eigenvalue weighted by Gasteiger charge is -2.18. The summed E-state index contributed by atoms with van der Waals surface area (Å²) in [7, 11) is 0. The summed E-state index contributed by atoms with van der Waals surface area (Å²) in [5.74, 6) is 0.00216. The average molecular weight is 325 g/mol. The number of para-hydroxylation sites is 1. The van der Waals surface area contributed by atoms with Crippen LogP contribution in [-0.4, -0.2) is 17.0 Å². The van der Waals surface area contributed by atoms with Gasteiger partial charge in [0.05, 0.1) is 6.04 Å². The van der Waals surface area contributed by atoms with Gasteiger partial charge in [-0.15, -0.1) is 0 Å². The minimum absolute atomic E-state index is 0.264. The fourth-order valence-corrected chi connectivity index (χ4v) is 2.53. The Balaban J connectivity index is 1.63. The van der Waals surface area contributed by atoms with Gasteiger partial charge in [0.1, 0.15) is 16.9 Å². The molecule has 2 N–H and O–H groups in total. The van der Waals surface area contributed by atoms with Crippen LogP contribution >= 0.6 is 0 Å². The predicted molar refractivity (Wildman–Crippen MR) is 88.8 cm³/mol. The molecule has 1 aliphatic carbocycles. The number of hydrogen-bond donors (Lipinski definition) is 2. The lowest BCUT2D eigenvalue weighted by atomic mass is 10.0. The number of hydrogen-bond acceptors (Lipinski definition) is 3. The maximum atomic E-state index is 12.1. The SMILES string of the molecule is CC(NC(=O)C1(C(=O)O)CC1)c1ccc(Oc2ccccc2)cc1. The van der Waals surface area contributed by atoms with Crippen LogP contribution in [0.25, 0.3) is 0 Å². The molecule has 0 saturated heterocycles. The van der Waals surface area contributed by atoms with Crippen LogP contribution < -0.4 is 10.1 Å². The first kappa shape index (κ1) is 16.1. The molecule has 124 valence electrons. The van der Waals surface area contributed by atoms with Gasteiger partial charge in [0.15, 0.2) is 0 Å². The Labute approximate surface area is 140 Å². The van der Waals surface area contributed by atoms with Crippen molar-refractivity contribution in [1.82, 2.24) is 5.32 Å². The van der Waals surface area contributed by atoms with Gasteiger partial charge in [-0.2, -0.15) is 0 Å². The van der Waals surface area contributed by atoms with Crippen molar-refractivity contribution in [1.29, 1.82) is 0 Å². The third-order valence-corrected chi connectivity index (χ3v) is 4.30. The van der Waals surface area contributed by atoms with Crippen molar-refractivity contribution in [2.75, 3.05) is 0 Å². The van der Waals surface area contributed by atoms with Gasteiger partial charge < -0.3 is 15.2 Å². The van der Waals surface area contributed by atoms with E-state index >= 15 is 0 Å². The van der Waals surface area contributed by atoms with E-state index in [9.17, 15) is 9.59 Å². The number of rotatable bonds is 6. The summed E-state index contributed by atoms with van der Waals surface area (Å²) in [6.07, 6.45) is 0.815. The Kier molecular flexibility index (Phi) is 4.25. The molecule has 1 atom stereocenters. The van der Waals surface area contributed by atoms with E-state index in [1.165, 1.54) is 0 Å². The van der Waals surface area contributed by atoms with Gasteiger partial charge in [-0.3, -0.25) is 9.59 Å². The van der Waals surface area contributed by atoms with E-state index in [4.69, 9.17) is 9.84 Å². The summed E-state index contributed by atoms with van der Waals surface area (Å²) in [5, 5.41) is 11.9. The molecule has 3 rings (SSSR count). The van der Waals surface area contributed by atoms with E-state index in [-0.39, 0.29) is 6.04 Å². The molecular weight excluding hydrogens is 306 g/mol. The molecule has 0 aromatic heterocycles. The van der Waals surface area contributed by atoms with Crippen LogP contribution in [0.4, 0.5) is 0 Å². The number of carbonyl (C=O) groups excluding carboxylic acids is 1. The molecule has 5 heteroatoms. The molecule has 1 unspecified atom stereocenters. The van der Waals surface area contributed by atoms with Crippen LogP contribution in [0, 0.1) is 5.41 Å². The van der Waals surface area contributed by atoms with Crippen molar-refractivity contribution in [3.05, 3.63) is 60.2 Å². The van der Waals surface area contributed by atoms with Gasteiger partial charge in [-0.25, -0.2) is 0 Å². The van der Waals surface area contributed by atoms with E-state index in [0.29, 0.717) is 18.6 Å². The number of ether oxygens (including phenoxy) is 1. The zero-order valence-electron chi connectivity index (χ0n) is 13.4. The van der Waals surface area contributed by atoms with Crippen molar-refractivity contribution in [3.63, 3.8) is 0 Å². The van der Waals surface area contributed by atoms with E-state index in [0.717, 1.165) is 11.3 Å². The maximum Gasteiger partial charge on any atom is 0.319 e. The fourth-order valence-electron chi connectivity index (χ4n) is 2.53. The number of aliphatic carboxylic acids is 1. The van der Waals surface area contributed by atoms with Crippen LogP contribution in [-0.2, 0) is 9.59 Å². The number of amides is 1. The summed E-state index contributed by atoms with van der Waals surface area (Å²) in [5.41, 5.74) is -0.324. The third-order valence-electron chi connectivity index (χ3n) is 4.30. The van der Waals surface area contributed by atoms with Crippen molar-refractivity contribution < 1.29 is 19.4 Å². The Hall–Kier alpha value is -2.82. The van der Waals surface area contributed by atoms with Crippen molar-refractivity contribution in [3.8, 4) is 11.5 Å². The minimum Gasteiger partial charge on any atom is -0.480 e. The van der Waals surface area contributed by atoms with Crippen molar-refractivity contribution in [2.24, 2.45) is 5.41 Å². The maximum absolute atomic E-state index is 12.1. The molecular formula is C19H19NO4. The van der Waals surface area contributed by atoms with Gasteiger partial charge in [0.25, 0.3) is 0 Å². The molecule has 1 fully saturated rings. The average Bonchev–Trinajstić information content (AvgIpc) is 3.38. The van der Waals surface area contributed by atoms with Crippen LogP contribution in [0.5, 0.6) is 11.5 Å². The molecule has 0 heterocycles. The van der Waals surface area contributed by atoms with Crippen LogP contribution in [0.2, 0.25) is 0 Å². The zero-order chi connectivity index (χ0) is 17.2. The monoisotopic (exact) mass is 325 g/mol. The zero-order valence-corrected chi connectivity index (χ0v) is 13.4. The Bertz CT molecular complexity index is 736. The Morgan fingerprint density at radius 1 is 1.04 bits per heavy atom. The molecule has 24 heavy (non-hydrogen) atoms. The summed E-state index contributed by atoms with van der Waals surface area (Å²) in [6, 6.07) is 16.6. The van der Waals surface area contributed by atoms with Crippen LogP contribution in [0.1, 0.15) is 31.4 Å². The van der Waals surface area contributed by atoms with Crippen LogP contribution in [0.3, 0.4) is 0 Å². The predicted octanol–water partition coefficient (Wildman–Crippen LogP) is 3.52. The Morgan fingerprint density at radius 3 is 2.17 bits per heavy atom. The summed E-state index contributed by atoms with van der Waals surface area (Å²) in [6.45, 7) is 1.84. The van der Waals surface area contributed by atoms with Crippen molar-refractivity contribution >= 4 is 11.9 Å². The second kappa shape index (κ2) is 6.35. The number of carboxylic acid groups (broad SMARTS) is 1. The van der Waals surface area contributed by atoms with Gasteiger partial charge in [-0.1, -0.05) is 30.3 Å². The number of carbonyl (C=O) groups is 2. The number of nitrogens with one attached hydrogen (secondary N) is 1. The van der Waals surface area contributed by atoms with Gasteiger partial charge >= 0.3 is 5.97 Å². The smallest absolute Gasteiger partial charge is 0.319 e. The lowest BCUT2D eigenvalue weighted by Crippen LogP contribution is -2.38. The first-order chi connectivity index (χ1) is 11.5. The first-order valence-corrected chi connectivity index (χ1v) is 7.88. The third kappa shape index (κ3) is 3.25. The minimum atomic E-state index is -1.22. The first-order valence-electron chi connectivity index (χ1n) is 7.88. The molecule has 0 radical (unpaired) electrons. The van der Waals surface area contributed by atoms with E-state index in [1.807, 2.05) is 61.5 Å². The normalized spacial score (nSPS) is 16.0. The quantitative estimate of drug-likeness (QED) is 0.797. The topological polar surface area (TPSA) is 75.6 Å². The number of benzene rings is 2. The molecule has 0 aliphatic heterocycles. The highest BCUT2D eigenvalue weighted by Crippen LogP contribution is 2.46. The molecule has 5 nitrogen and oxygen atoms in total. The number of carboxylic acids is 1. The molecule has 1 aliphatic rings. The summed E-state index contributed by atoms with van der Waals surface area (Å²) in [4.78, 5) is 23.3. The highest BCUT2D eigenvalue weighted by Gasteiger charge is 2.57. The molecule has 1 amide bonds. The van der Waals surface area contributed by atoms with E-state index < -0.39 is 17.3 Å². The molecule has 2 aromatic rings. The van der Waals surface area contributed by atoms with Gasteiger partial charge in [-0.05, 0) is 49.6 Å². The van der Waals surface area contributed by atoms with Crippen molar-refractivity contribution in [2.45, 2.75) is 25.8 Å². The standard InChI is InChI=1S/C19H19NO4/c1-13(20-17(21)19(11-12-19)18(22)23)14-7-9-16(10-8-14)24-15-5-3-2-4-6-15/h2-10,13H,11-12H2,1H3,(H,20,21)(H,22,23). The van der Waals surface area contributed by atoms with Gasteiger partial charge in [0.2, 0.25) is 5.91 Å². The highest BCUT2D eigenvalue weighted by atomic mass is 16.5. The largest absolute Gasteiger partial charge is 0.480 e. The Morgan fingerprint density at radius 2 is 1.62 bits per heavy atom. The molecule has 0 bridgehead atoms. The second-order valence-corrected chi connectivity index (χ2v) is 6.07. The highest BCUT2D eigenvalue weighted by molar-refractivity contribution is 6.04. The summed E-state index contributed by atoms with van der Waals surface area (Å²) < 4.78 is 5.72. The van der Waals surface area contributed by atoms with Crippen LogP contribution in [0.15, 0.2) is 54.6 Å². The second-order valence-electron chi connectivity index (χ2n) is 6.07. The molecule has 2 aromatic carbocycles. The van der Waals surface area contributed by atoms with E-state index in [2.05, 4.69) is 5.32 Å². The van der Waals surface area contributed by atoms with Gasteiger partial charge in [0, 0.05) is 0 Å². The molecule has 1 saturated carbocycles. The van der Waals surface area contributed by atoms with E-state index in [1.54, 1.807) is 0 Å². The summed E-state index contributed by atoms with van der Waals surface area (Å²) >= 11 is 0. The lowest BCUT2D eigenvalue weighted by molar-refractivity contribution is -0.149. The molecule has 0 spiro atoms.